The maximum Gasteiger partial charge on any atom is 0.277 e. The van der Waals surface area contributed by atoms with Crippen molar-refractivity contribution in [1.82, 2.24) is 9.19 Å². The van der Waals surface area contributed by atoms with Gasteiger partial charge in [0.05, 0.1) is 0 Å². The van der Waals surface area contributed by atoms with Gasteiger partial charge < -0.3 is 0 Å². The van der Waals surface area contributed by atoms with Crippen molar-refractivity contribution in [2.45, 2.75) is 31.9 Å². The SMILES string of the molecule is CC(C)(C)c1ccc(CSn2ncccc2=O)cc1. The van der Waals surface area contributed by atoms with E-state index in [9.17, 15) is 4.79 Å². The Labute approximate surface area is 117 Å². The van der Waals surface area contributed by atoms with E-state index in [2.05, 4.69) is 50.1 Å². The Balaban J connectivity index is 2.05. The summed E-state index contributed by atoms with van der Waals surface area (Å²) in [4.78, 5) is 11.5. The van der Waals surface area contributed by atoms with Crippen LogP contribution < -0.4 is 5.56 Å². The van der Waals surface area contributed by atoms with Crippen LogP contribution in [0.5, 0.6) is 0 Å². The first kappa shape index (κ1) is 13.9. The molecule has 1 heterocycles. The molecule has 0 fully saturated rings. The zero-order valence-electron chi connectivity index (χ0n) is 11.5. The summed E-state index contributed by atoms with van der Waals surface area (Å²) in [5.41, 5.74) is 2.59. The predicted octanol–water partition coefficient (Wildman–Crippen LogP) is 3.24. The Morgan fingerprint density at radius 1 is 1.16 bits per heavy atom. The van der Waals surface area contributed by atoms with E-state index in [4.69, 9.17) is 0 Å². The normalized spacial score (nSPS) is 11.5. The van der Waals surface area contributed by atoms with Crippen molar-refractivity contribution in [2.75, 3.05) is 0 Å². The first-order valence-electron chi connectivity index (χ1n) is 6.24. The molecule has 0 bridgehead atoms. The second kappa shape index (κ2) is 5.61. The summed E-state index contributed by atoms with van der Waals surface area (Å²) in [5, 5.41) is 4.02. The Bertz CT molecular complexity index is 597. The summed E-state index contributed by atoms with van der Waals surface area (Å²) in [6, 6.07) is 11.7. The maximum absolute atomic E-state index is 11.5. The van der Waals surface area contributed by atoms with Gasteiger partial charge in [0.25, 0.3) is 5.56 Å². The van der Waals surface area contributed by atoms with Crippen molar-refractivity contribution in [1.29, 1.82) is 0 Å². The lowest BCUT2D eigenvalue weighted by molar-refractivity contribution is 0.590. The highest BCUT2D eigenvalue weighted by Gasteiger charge is 2.12. The highest BCUT2D eigenvalue weighted by molar-refractivity contribution is 7.96. The molecule has 0 N–H and O–H groups in total. The van der Waals surface area contributed by atoms with E-state index >= 15 is 0 Å². The number of benzene rings is 1. The van der Waals surface area contributed by atoms with Gasteiger partial charge in [-0.1, -0.05) is 45.0 Å². The first-order chi connectivity index (χ1) is 8.97. The minimum absolute atomic E-state index is 0.0844. The third kappa shape index (κ3) is 3.70. The van der Waals surface area contributed by atoms with Crippen LogP contribution in [-0.4, -0.2) is 9.19 Å². The zero-order valence-corrected chi connectivity index (χ0v) is 12.3. The van der Waals surface area contributed by atoms with E-state index in [0.717, 1.165) is 5.75 Å². The summed E-state index contributed by atoms with van der Waals surface area (Å²) in [6.07, 6.45) is 1.62. The molecular weight excluding hydrogens is 256 g/mol. The van der Waals surface area contributed by atoms with Gasteiger partial charge in [0.2, 0.25) is 0 Å². The van der Waals surface area contributed by atoms with E-state index in [-0.39, 0.29) is 11.0 Å². The Hall–Kier alpha value is -1.55. The van der Waals surface area contributed by atoms with Gasteiger partial charge in [-0.3, -0.25) is 4.79 Å². The molecule has 0 amide bonds. The smallest absolute Gasteiger partial charge is 0.267 e. The van der Waals surface area contributed by atoms with Gasteiger partial charge in [0.15, 0.2) is 0 Å². The average Bonchev–Trinajstić information content (AvgIpc) is 2.37. The highest BCUT2D eigenvalue weighted by Crippen LogP contribution is 2.23. The highest BCUT2D eigenvalue weighted by atomic mass is 32.2. The van der Waals surface area contributed by atoms with Gasteiger partial charge in [-0.05, 0) is 34.6 Å². The van der Waals surface area contributed by atoms with Crippen LogP contribution in [0.2, 0.25) is 0 Å². The molecule has 19 heavy (non-hydrogen) atoms. The van der Waals surface area contributed by atoms with Crippen molar-refractivity contribution < 1.29 is 0 Å². The lowest BCUT2D eigenvalue weighted by atomic mass is 9.87. The summed E-state index contributed by atoms with van der Waals surface area (Å²) < 4.78 is 1.41. The molecule has 2 rings (SSSR count). The summed E-state index contributed by atoms with van der Waals surface area (Å²) in [5.74, 6) is 0.737. The molecule has 4 heteroatoms. The summed E-state index contributed by atoms with van der Waals surface area (Å²) in [7, 11) is 0. The van der Waals surface area contributed by atoms with E-state index < -0.39 is 0 Å². The lowest BCUT2D eigenvalue weighted by Gasteiger charge is -2.19. The van der Waals surface area contributed by atoms with Crippen molar-refractivity contribution in [3.05, 3.63) is 64.1 Å². The number of hydrogen-bond donors (Lipinski definition) is 0. The van der Waals surface area contributed by atoms with Crippen LogP contribution in [0.3, 0.4) is 0 Å². The topological polar surface area (TPSA) is 34.9 Å². The molecule has 1 aromatic carbocycles. The largest absolute Gasteiger partial charge is 0.277 e. The quantitative estimate of drug-likeness (QED) is 0.862. The van der Waals surface area contributed by atoms with Gasteiger partial charge in [0.1, 0.15) is 0 Å². The number of nitrogens with zero attached hydrogens (tertiary/aromatic N) is 2. The number of rotatable bonds is 3. The molecule has 0 atom stereocenters. The predicted molar refractivity (Wildman–Crippen MR) is 80.3 cm³/mol. The van der Waals surface area contributed by atoms with Gasteiger partial charge in [-0.15, -0.1) is 0 Å². The van der Waals surface area contributed by atoms with Crippen molar-refractivity contribution in [2.24, 2.45) is 0 Å². The average molecular weight is 274 g/mol. The van der Waals surface area contributed by atoms with E-state index in [1.807, 2.05) is 0 Å². The molecule has 1 aromatic heterocycles. The van der Waals surface area contributed by atoms with Crippen molar-refractivity contribution >= 4 is 11.9 Å². The van der Waals surface area contributed by atoms with Crippen LogP contribution in [-0.2, 0) is 11.2 Å². The second-order valence-electron chi connectivity index (χ2n) is 5.46. The Kier molecular flexibility index (Phi) is 4.10. The standard InChI is InChI=1S/C15H18N2OS/c1-15(2,3)13-8-6-12(7-9-13)11-19-17-14(18)5-4-10-16-17/h4-10H,11H2,1-3H3. The molecule has 0 aliphatic rings. The van der Waals surface area contributed by atoms with Gasteiger partial charge in [-0.2, -0.15) is 9.19 Å². The third-order valence-corrected chi connectivity index (χ3v) is 3.84. The zero-order chi connectivity index (χ0) is 13.9. The minimum Gasteiger partial charge on any atom is -0.267 e. The van der Waals surface area contributed by atoms with Crippen LogP contribution in [0.4, 0.5) is 0 Å². The minimum atomic E-state index is -0.0844. The molecular formula is C15H18N2OS. The molecule has 0 unspecified atom stereocenters. The van der Waals surface area contributed by atoms with E-state index in [0.29, 0.717) is 0 Å². The first-order valence-corrected chi connectivity index (χ1v) is 7.18. The number of hydrogen-bond acceptors (Lipinski definition) is 3. The second-order valence-corrected chi connectivity index (χ2v) is 6.35. The monoisotopic (exact) mass is 274 g/mol. The van der Waals surface area contributed by atoms with Crippen LogP contribution in [0, 0.1) is 0 Å². The van der Waals surface area contributed by atoms with E-state index in [1.54, 1.807) is 12.3 Å². The molecule has 2 aromatic rings. The van der Waals surface area contributed by atoms with Crippen LogP contribution >= 0.6 is 11.9 Å². The number of aromatic nitrogens is 2. The Morgan fingerprint density at radius 3 is 2.42 bits per heavy atom. The molecule has 0 aliphatic heterocycles. The van der Waals surface area contributed by atoms with Gasteiger partial charge in [0, 0.05) is 18.0 Å². The molecule has 0 radical (unpaired) electrons. The fourth-order valence-electron chi connectivity index (χ4n) is 1.68. The fourth-order valence-corrected chi connectivity index (χ4v) is 2.45. The maximum atomic E-state index is 11.5. The molecule has 0 saturated heterocycles. The molecule has 0 aliphatic carbocycles. The summed E-state index contributed by atoms with van der Waals surface area (Å²) >= 11 is 1.41. The molecule has 3 nitrogen and oxygen atoms in total. The summed E-state index contributed by atoms with van der Waals surface area (Å²) in [6.45, 7) is 6.60. The Morgan fingerprint density at radius 2 is 1.84 bits per heavy atom. The lowest BCUT2D eigenvalue weighted by Crippen LogP contribution is -2.15. The van der Waals surface area contributed by atoms with Crippen molar-refractivity contribution in [3.63, 3.8) is 0 Å². The third-order valence-electron chi connectivity index (χ3n) is 2.86. The molecule has 0 spiro atoms. The van der Waals surface area contributed by atoms with Crippen LogP contribution in [0.25, 0.3) is 0 Å². The molecule has 0 saturated carbocycles. The van der Waals surface area contributed by atoms with Gasteiger partial charge >= 0.3 is 0 Å². The van der Waals surface area contributed by atoms with E-state index in [1.165, 1.54) is 33.2 Å². The fraction of sp³-hybridized carbons (Fsp3) is 0.333. The van der Waals surface area contributed by atoms with Gasteiger partial charge in [-0.25, -0.2) is 0 Å². The van der Waals surface area contributed by atoms with Crippen LogP contribution in [0.15, 0.2) is 47.4 Å². The molecule has 100 valence electrons. The van der Waals surface area contributed by atoms with Crippen molar-refractivity contribution in [3.8, 4) is 0 Å². The van der Waals surface area contributed by atoms with Crippen LogP contribution in [0.1, 0.15) is 31.9 Å².